The second-order valence-corrected chi connectivity index (χ2v) is 11.3. The molecule has 43 heavy (non-hydrogen) atoms. The number of aromatic hydroxyl groups is 2. The van der Waals surface area contributed by atoms with E-state index in [2.05, 4.69) is 15.0 Å². The van der Waals surface area contributed by atoms with Gasteiger partial charge in [-0.05, 0) is 36.2 Å². The van der Waals surface area contributed by atoms with E-state index >= 15 is 0 Å². The summed E-state index contributed by atoms with van der Waals surface area (Å²) in [5, 5.41) is 28.1. The van der Waals surface area contributed by atoms with E-state index in [0.717, 1.165) is 16.8 Å². The largest absolute Gasteiger partial charge is 0.507 e. The molecule has 9 nitrogen and oxygen atoms in total. The lowest BCUT2D eigenvalue weighted by Crippen LogP contribution is -2.50. The maximum absolute atomic E-state index is 13.9. The van der Waals surface area contributed by atoms with Gasteiger partial charge in [-0.15, -0.1) is 0 Å². The molecule has 3 aliphatic rings. The lowest BCUT2D eigenvalue weighted by Gasteiger charge is -2.44. The van der Waals surface area contributed by atoms with Gasteiger partial charge in [0, 0.05) is 54.5 Å². The van der Waals surface area contributed by atoms with Gasteiger partial charge in [0.25, 0.3) is 0 Å². The molecule has 2 aliphatic heterocycles. The first kappa shape index (κ1) is 26.9. The molecular formula is C34H29N3O6. The lowest BCUT2D eigenvalue weighted by atomic mass is 9.76. The number of aromatic nitrogens is 1. The molecule has 0 saturated carbocycles. The van der Waals surface area contributed by atoms with Crippen molar-refractivity contribution in [3.8, 4) is 17.2 Å². The average Bonchev–Trinajstić information content (AvgIpc) is 3.19. The summed E-state index contributed by atoms with van der Waals surface area (Å²) in [6.07, 6.45) is 4.10. The molecule has 2 N–H and O–H groups in total. The quantitative estimate of drug-likeness (QED) is 0.212. The third-order valence-corrected chi connectivity index (χ3v) is 8.99. The number of carbonyl (C=O) groups is 2. The van der Waals surface area contributed by atoms with Crippen LogP contribution in [-0.4, -0.2) is 50.0 Å². The van der Waals surface area contributed by atoms with E-state index in [4.69, 9.17) is 9.57 Å². The van der Waals surface area contributed by atoms with E-state index in [1.54, 1.807) is 24.5 Å². The van der Waals surface area contributed by atoms with Gasteiger partial charge >= 0.3 is 0 Å². The zero-order valence-corrected chi connectivity index (χ0v) is 23.7. The number of phenols is 2. The second kappa shape index (κ2) is 10.1. The molecule has 216 valence electrons. The molecule has 1 fully saturated rings. The van der Waals surface area contributed by atoms with Gasteiger partial charge in [-0.3, -0.25) is 19.5 Å². The van der Waals surface area contributed by atoms with Crippen LogP contribution in [0.15, 0.2) is 78.2 Å². The molecule has 4 aromatic rings. The standard InChI is InChI=1S/C34H29N3O6/c1-34-16-22-26(32(40)29-28(31(22)39)30(38)21-9-6-10-24(42-2)27(21)33(29)41)23(37(34)17-19-11-13-35-14-12-19)15-25(34)36-43-18-20-7-4-3-5-8-20/h3-14,23,39-40H,15-18H2,1-2H3/b36-25+. The molecule has 0 radical (unpaired) electrons. The third kappa shape index (κ3) is 4.03. The van der Waals surface area contributed by atoms with Crippen molar-refractivity contribution in [3.05, 3.63) is 118 Å². The van der Waals surface area contributed by atoms with Crippen LogP contribution in [0.3, 0.4) is 0 Å². The zero-order valence-electron chi connectivity index (χ0n) is 23.7. The fourth-order valence-corrected chi connectivity index (χ4v) is 6.85. The number of fused-ring (bicyclic) bond motifs is 6. The van der Waals surface area contributed by atoms with Crippen LogP contribution in [0.4, 0.5) is 0 Å². The van der Waals surface area contributed by atoms with E-state index < -0.39 is 23.1 Å². The second-order valence-electron chi connectivity index (χ2n) is 11.3. The molecule has 1 aliphatic carbocycles. The Kier molecular flexibility index (Phi) is 6.28. The lowest BCUT2D eigenvalue weighted by molar-refractivity contribution is 0.0955. The Morgan fingerprint density at radius 1 is 0.930 bits per heavy atom. The van der Waals surface area contributed by atoms with Gasteiger partial charge in [0.2, 0.25) is 5.78 Å². The SMILES string of the molecule is COc1cccc2c1C(=O)c1c(O)c3c(c(O)c1C2=O)CC1(C)/C(=N/OCc2ccccc2)CC3N1Cc1ccncc1. The van der Waals surface area contributed by atoms with Crippen molar-refractivity contribution in [1.82, 2.24) is 9.88 Å². The number of benzene rings is 3. The maximum atomic E-state index is 13.9. The summed E-state index contributed by atoms with van der Waals surface area (Å²) >= 11 is 0. The minimum atomic E-state index is -0.710. The van der Waals surface area contributed by atoms with Crippen molar-refractivity contribution < 1.29 is 29.4 Å². The monoisotopic (exact) mass is 575 g/mol. The average molecular weight is 576 g/mol. The number of oxime groups is 1. The summed E-state index contributed by atoms with van der Waals surface area (Å²) in [6, 6.07) is 17.9. The Balaban J connectivity index is 1.36. The van der Waals surface area contributed by atoms with E-state index in [1.807, 2.05) is 49.4 Å². The number of nitrogens with zero attached hydrogens (tertiary/aromatic N) is 3. The molecule has 0 spiro atoms. The molecule has 2 unspecified atom stereocenters. The fourth-order valence-electron chi connectivity index (χ4n) is 6.85. The molecule has 1 saturated heterocycles. The first-order chi connectivity index (χ1) is 20.8. The molecule has 7 rings (SSSR count). The van der Waals surface area contributed by atoms with Gasteiger partial charge in [-0.1, -0.05) is 47.6 Å². The number of hydrogen-bond acceptors (Lipinski definition) is 9. The van der Waals surface area contributed by atoms with Crippen molar-refractivity contribution in [3.63, 3.8) is 0 Å². The molecule has 1 aromatic heterocycles. The van der Waals surface area contributed by atoms with Gasteiger partial charge in [0.1, 0.15) is 23.9 Å². The first-order valence-electron chi connectivity index (χ1n) is 14.1. The molecular weight excluding hydrogens is 546 g/mol. The highest BCUT2D eigenvalue weighted by atomic mass is 16.6. The Hall–Kier alpha value is -5.02. The number of rotatable bonds is 6. The van der Waals surface area contributed by atoms with Crippen LogP contribution in [0.5, 0.6) is 17.2 Å². The van der Waals surface area contributed by atoms with E-state index in [9.17, 15) is 19.8 Å². The van der Waals surface area contributed by atoms with Crippen LogP contribution in [0.2, 0.25) is 0 Å². The minimum absolute atomic E-state index is 0.0782. The number of hydrogen-bond donors (Lipinski definition) is 2. The topological polar surface area (TPSA) is 122 Å². The summed E-state index contributed by atoms with van der Waals surface area (Å²) in [7, 11) is 1.42. The van der Waals surface area contributed by atoms with Crippen molar-refractivity contribution in [2.45, 2.75) is 44.5 Å². The van der Waals surface area contributed by atoms with E-state index in [0.29, 0.717) is 24.1 Å². The summed E-state index contributed by atoms with van der Waals surface area (Å²) < 4.78 is 5.40. The maximum Gasteiger partial charge on any atom is 0.202 e. The molecule has 2 bridgehead atoms. The Bertz CT molecular complexity index is 1820. The first-order valence-corrected chi connectivity index (χ1v) is 14.1. The van der Waals surface area contributed by atoms with Crippen LogP contribution in [0.1, 0.15) is 73.5 Å². The van der Waals surface area contributed by atoms with Crippen LogP contribution in [-0.2, 0) is 24.4 Å². The predicted octanol–water partition coefficient (Wildman–Crippen LogP) is 5.11. The van der Waals surface area contributed by atoms with Gasteiger partial charge in [-0.2, -0.15) is 0 Å². The van der Waals surface area contributed by atoms with E-state index in [-0.39, 0.29) is 52.5 Å². The normalized spacial score (nSPS) is 21.3. The number of phenolic OH excluding ortho intramolecular Hbond substituents is 2. The highest BCUT2D eigenvalue weighted by Gasteiger charge is 2.56. The van der Waals surface area contributed by atoms with Crippen LogP contribution >= 0.6 is 0 Å². The Morgan fingerprint density at radius 3 is 2.42 bits per heavy atom. The van der Waals surface area contributed by atoms with Crippen molar-refractivity contribution in [1.29, 1.82) is 0 Å². The highest BCUT2D eigenvalue weighted by molar-refractivity contribution is 6.31. The summed E-state index contributed by atoms with van der Waals surface area (Å²) in [4.78, 5) is 39.8. The molecule has 0 amide bonds. The number of carbonyl (C=O) groups excluding carboxylic acids is 2. The summed E-state index contributed by atoms with van der Waals surface area (Å²) in [5.41, 5.74) is 2.73. The van der Waals surface area contributed by atoms with E-state index in [1.165, 1.54) is 13.2 Å². The van der Waals surface area contributed by atoms with Crippen LogP contribution in [0.25, 0.3) is 0 Å². The molecule has 3 aromatic carbocycles. The Labute approximate surface area is 248 Å². The fraction of sp³-hybridized carbons (Fsp3) is 0.235. The molecule has 2 atom stereocenters. The third-order valence-electron chi connectivity index (χ3n) is 8.99. The van der Waals surface area contributed by atoms with Gasteiger partial charge in [0.15, 0.2) is 5.78 Å². The number of methoxy groups -OCH3 is 1. The van der Waals surface area contributed by atoms with Gasteiger partial charge in [0.05, 0.1) is 35.1 Å². The van der Waals surface area contributed by atoms with Gasteiger partial charge < -0.3 is 19.8 Å². The number of ether oxygens (including phenoxy) is 1. The minimum Gasteiger partial charge on any atom is -0.507 e. The van der Waals surface area contributed by atoms with Gasteiger partial charge in [-0.25, -0.2) is 0 Å². The Morgan fingerprint density at radius 2 is 1.67 bits per heavy atom. The van der Waals surface area contributed by atoms with Crippen molar-refractivity contribution >= 4 is 17.3 Å². The predicted molar refractivity (Wildman–Crippen MR) is 158 cm³/mol. The molecule has 9 heteroatoms. The highest BCUT2D eigenvalue weighted by Crippen LogP contribution is 2.56. The van der Waals surface area contributed by atoms with Crippen LogP contribution < -0.4 is 4.74 Å². The number of ketones is 2. The van der Waals surface area contributed by atoms with Crippen molar-refractivity contribution in [2.24, 2.45) is 5.16 Å². The molecule has 3 heterocycles. The zero-order chi connectivity index (χ0) is 29.9. The summed E-state index contributed by atoms with van der Waals surface area (Å²) in [5.74, 6) is -1.44. The number of pyridine rings is 1. The van der Waals surface area contributed by atoms with Crippen LogP contribution in [0, 0.1) is 0 Å². The summed E-state index contributed by atoms with van der Waals surface area (Å²) in [6.45, 7) is 2.82. The smallest absolute Gasteiger partial charge is 0.202 e. The van der Waals surface area contributed by atoms with Crippen molar-refractivity contribution in [2.75, 3.05) is 7.11 Å².